The molecule has 0 saturated heterocycles. The van der Waals surface area contributed by atoms with Crippen LogP contribution in [0.1, 0.15) is 20.7 Å². The number of hydrogen-bond acceptors (Lipinski definition) is 8. The van der Waals surface area contributed by atoms with Gasteiger partial charge in [-0.15, -0.1) is 0 Å². The number of benzene rings is 2. The van der Waals surface area contributed by atoms with Crippen LogP contribution >= 0.6 is 0 Å². The molecule has 0 fully saturated rings. The summed E-state index contributed by atoms with van der Waals surface area (Å²) in [5.74, 6) is -1.81. The lowest BCUT2D eigenvalue weighted by Crippen LogP contribution is -2.21. The van der Waals surface area contributed by atoms with Gasteiger partial charge in [0.05, 0.1) is 0 Å². The summed E-state index contributed by atoms with van der Waals surface area (Å²) in [7, 11) is 0. The normalized spacial score (nSPS) is 10.8. The zero-order valence-electron chi connectivity index (χ0n) is 15.5. The average molecular weight is 406 g/mol. The lowest BCUT2D eigenvalue weighted by atomic mass is 10.2. The number of esters is 2. The number of carbonyl (C=O) groups is 2. The summed E-state index contributed by atoms with van der Waals surface area (Å²) >= 11 is 0. The molecule has 2 aromatic heterocycles. The van der Waals surface area contributed by atoms with Crippen LogP contribution in [-0.4, -0.2) is 25.2 Å². The predicted molar refractivity (Wildman–Crippen MR) is 106 cm³/mol. The van der Waals surface area contributed by atoms with Crippen molar-refractivity contribution < 1.29 is 27.9 Å². The topological polar surface area (TPSA) is 113 Å². The molecule has 0 aliphatic rings. The van der Waals surface area contributed by atoms with E-state index >= 15 is 0 Å². The molecule has 0 N–H and O–H groups in total. The molecular formula is C22H14O8. The smallest absolute Gasteiger partial charge is 0.351 e. The lowest BCUT2D eigenvalue weighted by Gasteiger charge is -2.06. The van der Waals surface area contributed by atoms with Crippen molar-refractivity contribution >= 4 is 33.9 Å². The zero-order valence-corrected chi connectivity index (χ0v) is 15.5. The first-order chi connectivity index (χ1) is 14.5. The second kappa shape index (κ2) is 8.04. The Morgan fingerprint density at radius 1 is 0.667 bits per heavy atom. The highest BCUT2D eigenvalue weighted by Crippen LogP contribution is 2.14. The molecule has 8 heteroatoms. The standard InChI is InChI=1S/C22H14O8/c23-19(15-11-13-5-1-3-7-17(13)29-21(15)25)27-9-10-28-20(24)16-12-14-6-2-4-8-18(14)30-22(16)26/h1-8,11-12H,9-10H2. The van der Waals surface area contributed by atoms with Crippen LogP contribution in [0.3, 0.4) is 0 Å². The fraction of sp³-hybridized carbons (Fsp3) is 0.0909. The van der Waals surface area contributed by atoms with E-state index in [-0.39, 0.29) is 24.3 Å². The molecule has 0 aliphatic carbocycles. The van der Waals surface area contributed by atoms with E-state index in [4.69, 9.17) is 18.3 Å². The highest BCUT2D eigenvalue weighted by molar-refractivity contribution is 5.93. The van der Waals surface area contributed by atoms with Gasteiger partial charge in [-0.3, -0.25) is 0 Å². The quantitative estimate of drug-likeness (QED) is 0.282. The Hall–Kier alpha value is -4.20. The third-order valence-electron chi connectivity index (χ3n) is 4.27. The van der Waals surface area contributed by atoms with Crippen molar-refractivity contribution in [2.75, 3.05) is 13.2 Å². The first-order valence-corrected chi connectivity index (χ1v) is 8.93. The highest BCUT2D eigenvalue weighted by Gasteiger charge is 2.17. The van der Waals surface area contributed by atoms with Crippen molar-refractivity contribution in [3.8, 4) is 0 Å². The molecule has 30 heavy (non-hydrogen) atoms. The zero-order chi connectivity index (χ0) is 21.1. The molecule has 4 aromatic rings. The van der Waals surface area contributed by atoms with Crippen molar-refractivity contribution in [3.05, 3.63) is 92.6 Å². The second-order valence-electron chi connectivity index (χ2n) is 6.24. The molecule has 0 radical (unpaired) electrons. The number of rotatable bonds is 5. The maximum Gasteiger partial charge on any atom is 0.351 e. The Morgan fingerprint density at radius 2 is 1.07 bits per heavy atom. The molecule has 0 saturated carbocycles. The number of hydrogen-bond donors (Lipinski definition) is 0. The molecule has 0 bridgehead atoms. The largest absolute Gasteiger partial charge is 0.458 e. The minimum absolute atomic E-state index is 0.268. The van der Waals surface area contributed by atoms with Gasteiger partial charge in [0.25, 0.3) is 0 Å². The molecular weight excluding hydrogens is 392 g/mol. The third kappa shape index (κ3) is 3.83. The van der Waals surface area contributed by atoms with E-state index in [0.717, 1.165) is 0 Å². The number of carbonyl (C=O) groups excluding carboxylic acids is 2. The van der Waals surface area contributed by atoms with E-state index in [1.54, 1.807) is 48.5 Å². The van der Waals surface area contributed by atoms with Crippen LogP contribution in [-0.2, 0) is 9.47 Å². The molecule has 8 nitrogen and oxygen atoms in total. The first kappa shape index (κ1) is 19.1. The minimum Gasteiger partial charge on any atom is -0.458 e. The molecule has 0 aliphatic heterocycles. The first-order valence-electron chi connectivity index (χ1n) is 8.93. The molecule has 2 heterocycles. The average Bonchev–Trinajstić information content (AvgIpc) is 2.75. The van der Waals surface area contributed by atoms with Crippen LogP contribution < -0.4 is 11.3 Å². The van der Waals surface area contributed by atoms with Gasteiger partial charge in [-0.25, -0.2) is 19.2 Å². The van der Waals surface area contributed by atoms with E-state index in [1.807, 2.05) is 0 Å². The van der Waals surface area contributed by atoms with Gasteiger partial charge in [-0.1, -0.05) is 36.4 Å². The Morgan fingerprint density at radius 3 is 1.50 bits per heavy atom. The summed E-state index contributed by atoms with van der Waals surface area (Å²) in [4.78, 5) is 48.2. The molecule has 150 valence electrons. The number of ether oxygens (including phenoxy) is 2. The fourth-order valence-electron chi connectivity index (χ4n) is 2.83. The van der Waals surface area contributed by atoms with Crippen molar-refractivity contribution in [3.63, 3.8) is 0 Å². The van der Waals surface area contributed by atoms with Crippen molar-refractivity contribution in [1.29, 1.82) is 0 Å². The van der Waals surface area contributed by atoms with Crippen molar-refractivity contribution in [2.45, 2.75) is 0 Å². The maximum absolute atomic E-state index is 12.1. The van der Waals surface area contributed by atoms with Gasteiger partial charge in [0.2, 0.25) is 0 Å². The highest BCUT2D eigenvalue weighted by atomic mass is 16.6. The molecule has 4 rings (SSSR count). The van der Waals surface area contributed by atoms with Crippen LogP contribution in [0.4, 0.5) is 0 Å². The van der Waals surface area contributed by atoms with Crippen LogP contribution in [0.15, 0.2) is 79.1 Å². The van der Waals surface area contributed by atoms with Crippen LogP contribution in [0.2, 0.25) is 0 Å². The Kier molecular flexibility index (Phi) is 5.13. The van der Waals surface area contributed by atoms with Crippen molar-refractivity contribution in [2.24, 2.45) is 0 Å². The van der Waals surface area contributed by atoms with E-state index < -0.39 is 23.2 Å². The lowest BCUT2D eigenvalue weighted by molar-refractivity contribution is 0.0260. The summed E-state index contributed by atoms with van der Waals surface area (Å²) < 4.78 is 20.1. The number of fused-ring (bicyclic) bond motifs is 2. The Balaban J connectivity index is 1.38. The Labute approximate surface area is 168 Å². The number of para-hydroxylation sites is 2. The van der Waals surface area contributed by atoms with Crippen molar-refractivity contribution in [1.82, 2.24) is 0 Å². The van der Waals surface area contributed by atoms with Gasteiger partial charge < -0.3 is 18.3 Å². The van der Waals surface area contributed by atoms with E-state index in [2.05, 4.69) is 0 Å². The molecule has 2 aromatic carbocycles. The third-order valence-corrected chi connectivity index (χ3v) is 4.27. The van der Waals surface area contributed by atoms with Gasteiger partial charge in [-0.05, 0) is 24.3 Å². The van der Waals surface area contributed by atoms with Gasteiger partial charge in [0.1, 0.15) is 35.5 Å². The SMILES string of the molecule is O=C(OCCOC(=O)c1cc2ccccc2oc1=O)c1cc2ccccc2oc1=O. The van der Waals surface area contributed by atoms with Gasteiger partial charge >= 0.3 is 23.2 Å². The second-order valence-corrected chi connectivity index (χ2v) is 6.24. The van der Waals surface area contributed by atoms with Crippen LogP contribution in [0.25, 0.3) is 21.9 Å². The van der Waals surface area contributed by atoms with Gasteiger partial charge in [0.15, 0.2) is 0 Å². The summed E-state index contributed by atoms with van der Waals surface area (Å²) in [5, 5.41) is 1.14. The summed E-state index contributed by atoms with van der Waals surface area (Å²) in [6.07, 6.45) is 0. The maximum atomic E-state index is 12.1. The van der Waals surface area contributed by atoms with Gasteiger partial charge in [-0.2, -0.15) is 0 Å². The van der Waals surface area contributed by atoms with Gasteiger partial charge in [0, 0.05) is 10.8 Å². The molecule has 0 spiro atoms. The Bertz CT molecular complexity index is 1270. The van der Waals surface area contributed by atoms with Crippen LogP contribution in [0, 0.1) is 0 Å². The molecule has 0 atom stereocenters. The monoisotopic (exact) mass is 406 g/mol. The van der Waals surface area contributed by atoms with E-state index in [1.165, 1.54) is 12.1 Å². The van der Waals surface area contributed by atoms with E-state index in [0.29, 0.717) is 21.9 Å². The molecule has 0 amide bonds. The summed E-state index contributed by atoms with van der Waals surface area (Å²) in [6.45, 7) is -0.620. The van der Waals surface area contributed by atoms with Crippen LogP contribution in [0.5, 0.6) is 0 Å². The predicted octanol–water partition coefficient (Wildman–Crippen LogP) is 2.91. The summed E-state index contributed by atoms with van der Waals surface area (Å²) in [6, 6.07) is 16.2. The minimum atomic E-state index is -0.907. The summed E-state index contributed by atoms with van der Waals surface area (Å²) in [5.41, 5.74) is -1.50. The van der Waals surface area contributed by atoms with E-state index in [9.17, 15) is 19.2 Å². The fourth-order valence-corrected chi connectivity index (χ4v) is 2.83. The molecule has 0 unspecified atom stereocenters.